The molecule has 0 spiro atoms. The van der Waals surface area contributed by atoms with Crippen molar-refractivity contribution in [2.24, 2.45) is 23.7 Å². The summed E-state index contributed by atoms with van der Waals surface area (Å²) in [5.74, 6) is 5.75. The first-order chi connectivity index (χ1) is 7.84. The largest absolute Gasteiger partial charge is 0.351 e. The zero-order valence-corrected chi connectivity index (χ0v) is 10.1. The number of hydrogen-bond acceptors (Lipinski definition) is 3. The van der Waals surface area contributed by atoms with Crippen molar-refractivity contribution in [3.8, 4) is 0 Å². The number of rotatable bonds is 2. The van der Waals surface area contributed by atoms with Crippen LogP contribution >= 0.6 is 11.8 Å². The molecule has 4 aliphatic rings. The van der Waals surface area contributed by atoms with Crippen molar-refractivity contribution in [2.45, 2.75) is 31.3 Å². The lowest BCUT2D eigenvalue weighted by Gasteiger charge is -2.13. The molecule has 0 aromatic carbocycles. The minimum Gasteiger partial charge on any atom is -0.351 e. The molecular weight excluding hydrogens is 220 g/mol. The highest BCUT2D eigenvalue weighted by Gasteiger charge is 2.65. The molecule has 1 saturated heterocycles. The van der Waals surface area contributed by atoms with Crippen LogP contribution in [0.5, 0.6) is 0 Å². The van der Waals surface area contributed by atoms with Crippen LogP contribution in [-0.2, 0) is 4.79 Å². The highest BCUT2D eigenvalue weighted by atomic mass is 32.2. The van der Waals surface area contributed by atoms with Gasteiger partial charge in [0.15, 0.2) is 0 Å². The van der Waals surface area contributed by atoms with E-state index < -0.39 is 0 Å². The molecule has 2 N–H and O–H groups in total. The molecule has 4 heteroatoms. The number of fused-ring (bicyclic) bond motifs is 5. The zero-order chi connectivity index (χ0) is 10.7. The topological polar surface area (TPSA) is 41.1 Å². The van der Waals surface area contributed by atoms with Crippen LogP contribution < -0.4 is 10.6 Å². The van der Waals surface area contributed by atoms with Gasteiger partial charge in [-0.1, -0.05) is 0 Å². The highest BCUT2D eigenvalue weighted by Crippen LogP contribution is 2.65. The van der Waals surface area contributed by atoms with Crippen molar-refractivity contribution in [3.05, 3.63) is 0 Å². The van der Waals surface area contributed by atoms with Gasteiger partial charge >= 0.3 is 0 Å². The summed E-state index contributed by atoms with van der Waals surface area (Å²) >= 11 is 1.82. The molecule has 1 aliphatic heterocycles. The Labute approximate surface area is 100 Å². The summed E-state index contributed by atoms with van der Waals surface area (Å²) in [5, 5.41) is 6.53. The average molecular weight is 238 g/mol. The van der Waals surface area contributed by atoms with Crippen LogP contribution in [0.3, 0.4) is 0 Å². The first-order valence-electron chi connectivity index (χ1n) is 6.46. The molecule has 2 bridgehead atoms. The maximum Gasteiger partial charge on any atom is 0.238 e. The van der Waals surface area contributed by atoms with Crippen LogP contribution in [0, 0.1) is 23.7 Å². The summed E-state index contributed by atoms with van der Waals surface area (Å²) in [6.07, 6.45) is 4.31. The van der Waals surface area contributed by atoms with Gasteiger partial charge in [0.05, 0.1) is 6.04 Å². The molecule has 4 rings (SSSR count). The van der Waals surface area contributed by atoms with Crippen LogP contribution in [0.15, 0.2) is 0 Å². The number of carbonyl (C=O) groups excluding carboxylic acids is 1. The fraction of sp³-hybridized carbons (Fsp3) is 0.917. The van der Waals surface area contributed by atoms with Gasteiger partial charge in [-0.2, -0.15) is 0 Å². The molecule has 1 heterocycles. The molecule has 0 aromatic heterocycles. The Morgan fingerprint density at radius 2 is 2.00 bits per heavy atom. The SMILES string of the molecule is O=C(NC1C2C3CCC(C3)C12)C1CSCN1. The number of hydrogen-bond donors (Lipinski definition) is 2. The van der Waals surface area contributed by atoms with E-state index in [1.54, 1.807) is 0 Å². The molecular formula is C12H18N2OS. The van der Waals surface area contributed by atoms with Crippen molar-refractivity contribution < 1.29 is 4.79 Å². The van der Waals surface area contributed by atoms with E-state index >= 15 is 0 Å². The average Bonchev–Trinajstić information content (AvgIpc) is 2.81. The smallest absolute Gasteiger partial charge is 0.238 e. The van der Waals surface area contributed by atoms with Gasteiger partial charge in [-0.15, -0.1) is 11.8 Å². The predicted molar refractivity (Wildman–Crippen MR) is 64.0 cm³/mol. The number of amides is 1. The van der Waals surface area contributed by atoms with E-state index in [0.29, 0.717) is 6.04 Å². The monoisotopic (exact) mass is 238 g/mol. The van der Waals surface area contributed by atoms with E-state index in [0.717, 1.165) is 35.3 Å². The van der Waals surface area contributed by atoms with Crippen molar-refractivity contribution in [2.75, 3.05) is 11.6 Å². The third-order valence-electron chi connectivity index (χ3n) is 5.08. The van der Waals surface area contributed by atoms with E-state index in [4.69, 9.17) is 0 Å². The van der Waals surface area contributed by atoms with Crippen LogP contribution in [0.1, 0.15) is 19.3 Å². The van der Waals surface area contributed by atoms with Crippen molar-refractivity contribution >= 4 is 17.7 Å². The summed E-state index contributed by atoms with van der Waals surface area (Å²) in [6.45, 7) is 0. The van der Waals surface area contributed by atoms with Crippen LogP contribution in [0.2, 0.25) is 0 Å². The maximum absolute atomic E-state index is 12.0. The Morgan fingerprint density at radius 1 is 1.25 bits per heavy atom. The van der Waals surface area contributed by atoms with Gasteiger partial charge in [0.1, 0.15) is 0 Å². The molecule has 16 heavy (non-hydrogen) atoms. The Hall–Kier alpha value is -0.220. The van der Waals surface area contributed by atoms with E-state index in [2.05, 4.69) is 10.6 Å². The highest BCUT2D eigenvalue weighted by molar-refractivity contribution is 7.99. The maximum atomic E-state index is 12.0. The van der Waals surface area contributed by atoms with Gasteiger partial charge in [0.25, 0.3) is 0 Å². The van der Waals surface area contributed by atoms with Crippen LogP contribution in [0.4, 0.5) is 0 Å². The molecule has 3 saturated carbocycles. The summed E-state index contributed by atoms with van der Waals surface area (Å²) < 4.78 is 0. The van der Waals surface area contributed by atoms with Gasteiger partial charge in [0, 0.05) is 17.7 Å². The lowest BCUT2D eigenvalue weighted by atomic mass is 10.0. The van der Waals surface area contributed by atoms with Crippen molar-refractivity contribution in [1.82, 2.24) is 10.6 Å². The second kappa shape index (κ2) is 3.39. The summed E-state index contributed by atoms with van der Waals surface area (Å²) in [6, 6.07) is 0.620. The standard InChI is InChI=1S/C12H18N2OS/c15-12(8-4-16-5-13-8)14-11-9-6-1-2-7(3-6)10(9)11/h6-11,13H,1-5H2,(H,14,15). The summed E-state index contributed by atoms with van der Waals surface area (Å²) in [5.41, 5.74) is 0. The number of thioether (sulfide) groups is 1. The van der Waals surface area contributed by atoms with E-state index in [9.17, 15) is 4.79 Å². The number of carbonyl (C=O) groups is 1. The van der Waals surface area contributed by atoms with Gasteiger partial charge in [0.2, 0.25) is 5.91 Å². The molecule has 1 amide bonds. The number of nitrogens with one attached hydrogen (secondary N) is 2. The first-order valence-corrected chi connectivity index (χ1v) is 7.61. The molecule has 0 aromatic rings. The molecule has 3 aliphatic carbocycles. The Balaban J connectivity index is 1.38. The van der Waals surface area contributed by atoms with Crippen molar-refractivity contribution in [3.63, 3.8) is 0 Å². The second-order valence-corrected chi connectivity index (χ2v) is 6.82. The third-order valence-corrected chi connectivity index (χ3v) is 6.02. The van der Waals surface area contributed by atoms with Crippen LogP contribution in [0.25, 0.3) is 0 Å². The van der Waals surface area contributed by atoms with Gasteiger partial charge in [-0.3, -0.25) is 10.1 Å². The lowest BCUT2D eigenvalue weighted by molar-refractivity contribution is -0.122. The fourth-order valence-electron chi connectivity index (χ4n) is 4.35. The molecule has 5 unspecified atom stereocenters. The first kappa shape index (κ1) is 9.77. The van der Waals surface area contributed by atoms with E-state index in [1.807, 2.05) is 11.8 Å². The lowest BCUT2D eigenvalue weighted by Crippen LogP contribution is -2.44. The molecule has 5 atom stereocenters. The summed E-state index contributed by atoms with van der Waals surface area (Å²) in [4.78, 5) is 12.0. The normalized spacial score (nSPS) is 52.8. The zero-order valence-electron chi connectivity index (χ0n) is 9.32. The van der Waals surface area contributed by atoms with Gasteiger partial charge in [-0.05, 0) is 42.9 Å². The van der Waals surface area contributed by atoms with E-state index in [1.165, 1.54) is 19.3 Å². The van der Waals surface area contributed by atoms with E-state index in [-0.39, 0.29) is 11.9 Å². The fourth-order valence-corrected chi connectivity index (χ4v) is 5.29. The molecule has 88 valence electrons. The summed E-state index contributed by atoms with van der Waals surface area (Å²) in [7, 11) is 0. The Bertz CT molecular complexity index is 313. The molecule has 3 nitrogen and oxygen atoms in total. The molecule has 0 radical (unpaired) electrons. The Kier molecular flexibility index (Phi) is 2.07. The van der Waals surface area contributed by atoms with Gasteiger partial charge < -0.3 is 5.32 Å². The molecule has 4 fully saturated rings. The quantitative estimate of drug-likeness (QED) is 0.748. The minimum atomic E-state index is 0.0731. The minimum absolute atomic E-state index is 0.0731. The third kappa shape index (κ3) is 1.29. The predicted octanol–water partition coefficient (Wildman–Crippen LogP) is 0.810. The van der Waals surface area contributed by atoms with Gasteiger partial charge in [-0.25, -0.2) is 0 Å². The van der Waals surface area contributed by atoms with Crippen LogP contribution in [-0.4, -0.2) is 29.6 Å². The van der Waals surface area contributed by atoms with Crippen molar-refractivity contribution in [1.29, 1.82) is 0 Å². The Morgan fingerprint density at radius 3 is 2.62 bits per heavy atom. The second-order valence-electron chi connectivity index (χ2n) is 5.79.